The molecule has 0 atom stereocenters. The number of carbonyl (C=O) groups is 1. The molecule has 1 heterocycles. The normalized spacial score (nSPS) is 23.9. The molecule has 100 valence electrons. The average Bonchev–Trinajstić information content (AvgIpc) is 2.84. The predicted octanol–water partition coefficient (Wildman–Crippen LogP) is 2.66. The molecule has 1 amide bonds. The van der Waals surface area contributed by atoms with Crippen LogP contribution in [0.1, 0.15) is 40.2 Å². The van der Waals surface area contributed by atoms with Gasteiger partial charge in [-0.1, -0.05) is 0 Å². The van der Waals surface area contributed by atoms with E-state index in [9.17, 15) is 4.79 Å². The summed E-state index contributed by atoms with van der Waals surface area (Å²) in [6, 6.07) is 5.00. The lowest BCUT2D eigenvalue weighted by atomic mass is 9.90. The zero-order valence-corrected chi connectivity index (χ0v) is 12.2. The number of amides is 1. The van der Waals surface area contributed by atoms with E-state index in [1.54, 1.807) is 11.3 Å². The largest absolute Gasteiger partial charge is 0.338 e. The molecule has 4 heteroatoms. The molecule has 3 nitrogen and oxygen atoms in total. The van der Waals surface area contributed by atoms with Crippen molar-refractivity contribution in [1.29, 1.82) is 0 Å². The molecule has 1 fully saturated rings. The molecule has 1 saturated carbocycles. The van der Waals surface area contributed by atoms with Crippen LogP contribution < -0.4 is 5.32 Å². The van der Waals surface area contributed by atoms with Crippen LogP contribution in [0.3, 0.4) is 0 Å². The molecule has 1 aromatic heterocycles. The van der Waals surface area contributed by atoms with E-state index in [1.807, 2.05) is 38.1 Å². The topological polar surface area (TPSA) is 32.3 Å². The number of hydrogen-bond acceptors (Lipinski definition) is 3. The molecule has 0 unspecified atom stereocenters. The van der Waals surface area contributed by atoms with Gasteiger partial charge < -0.3 is 10.2 Å². The molecule has 0 radical (unpaired) electrons. The van der Waals surface area contributed by atoms with E-state index < -0.39 is 0 Å². The fourth-order valence-electron chi connectivity index (χ4n) is 2.64. The number of aryl methyl sites for hydroxylation is 1. The van der Waals surface area contributed by atoms with Gasteiger partial charge in [-0.25, -0.2) is 0 Å². The van der Waals surface area contributed by atoms with Crippen molar-refractivity contribution < 1.29 is 4.79 Å². The second kappa shape index (κ2) is 5.85. The molecule has 1 aliphatic rings. The summed E-state index contributed by atoms with van der Waals surface area (Å²) < 4.78 is 0. The second-order valence-corrected chi connectivity index (χ2v) is 6.41. The number of hydrogen-bond donors (Lipinski definition) is 1. The van der Waals surface area contributed by atoms with Crippen molar-refractivity contribution in [3.63, 3.8) is 0 Å². The van der Waals surface area contributed by atoms with Gasteiger partial charge in [0, 0.05) is 24.0 Å². The van der Waals surface area contributed by atoms with Gasteiger partial charge in [0.2, 0.25) is 0 Å². The summed E-state index contributed by atoms with van der Waals surface area (Å²) in [4.78, 5) is 16.3. The smallest absolute Gasteiger partial charge is 0.263 e. The Morgan fingerprint density at radius 2 is 2.00 bits per heavy atom. The summed E-state index contributed by atoms with van der Waals surface area (Å²) in [5.74, 6) is 0.181. The molecule has 0 aromatic carbocycles. The third-order valence-electron chi connectivity index (χ3n) is 3.92. The standard InChI is InChI=1S/C14H22N2OS/c1-10-4-9-13(18-10)14(17)16(3)12-7-5-11(15-2)6-8-12/h4,9,11-12,15H,5-8H2,1-3H3. The van der Waals surface area contributed by atoms with Crippen LogP contribution in [0.4, 0.5) is 0 Å². The molecule has 2 rings (SSSR count). The molecule has 0 bridgehead atoms. The highest BCUT2D eigenvalue weighted by atomic mass is 32.1. The van der Waals surface area contributed by atoms with Crippen LogP contribution in [0.15, 0.2) is 12.1 Å². The lowest BCUT2D eigenvalue weighted by molar-refractivity contribution is 0.0690. The minimum Gasteiger partial charge on any atom is -0.338 e. The zero-order valence-electron chi connectivity index (χ0n) is 11.4. The third-order valence-corrected chi connectivity index (χ3v) is 4.91. The maximum absolute atomic E-state index is 12.3. The Bertz CT molecular complexity index is 408. The second-order valence-electron chi connectivity index (χ2n) is 5.12. The van der Waals surface area contributed by atoms with Crippen LogP contribution in [-0.4, -0.2) is 37.0 Å². The van der Waals surface area contributed by atoms with Gasteiger partial charge in [-0.05, 0) is 51.8 Å². The lowest BCUT2D eigenvalue weighted by Crippen LogP contribution is -2.42. The number of nitrogens with zero attached hydrogens (tertiary/aromatic N) is 1. The molecule has 0 spiro atoms. The van der Waals surface area contributed by atoms with Crippen LogP contribution in [-0.2, 0) is 0 Å². The summed E-state index contributed by atoms with van der Waals surface area (Å²) in [7, 11) is 3.97. The van der Waals surface area contributed by atoms with Crippen LogP contribution in [0.5, 0.6) is 0 Å². The van der Waals surface area contributed by atoms with Gasteiger partial charge in [-0.3, -0.25) is 4.79 Å². The van der Waals surface area contributed by atoms with Gasteiger partial charge in [-0.2, -0.15) is 0 Å². The fraction of sp³-hybridized carbons (Fsp3) is 0.643. The van der Waals surface area contributed by atoms with Gasteiger partial charge in [0.05, 0.1) is 4.88 Å². The fourth-order valence-corrected chi connectivity index (χ4v) is 3.49. The minimum absolute atomic E-state index is 0.181. The van der Waals surface area contributed by atoms with E-state index in [-0.39, 0.29) is 5.91 Å². The Morgan fingerprint density at radius 1 is 1.33 bits per heavy atom. The molecule has 1 aromatic rings. The maximum Gasteiger partial charge on any atom is 0.263 e. The quantitative estimate of drug-likeness (QED) is 0.912. The number of carbonyl (C=O) groups excluding carboxylic acids is 1. The Morgan fingerprint density at radius 3 is 2.50 bits per heavy atom. The zero-order chi connectivity index (χ0) is 13.1. The van der Waals surface area contributed by atoms with E-state index in [2.05, 4.69) is 5.32 Å². The van der Waals surface area contributed by atoms with Crippen molar-refractivity contribution in [3.05, 3.63) is 21.9 Å². The van der Waals surface area contributed by atoms with Crippen molar-refractivity contribution in [2.45, 2.75) is 44.7 Å². The molecule has 18 heavy (non-hydrogen) atoms. The SMILES string of the molecule is CNC1CCC(N(C)C(=O)c2ccc(C)s2)CC1. The molecule has 1 aliphatic carbocycles. The van der Waals surface area contributed by atoms with Gasteiger partial charge in [-0.15, -0.1) is 11.3 Å². The van der Waals surface area contributed by atoms with E-state index in [0.717, 1.165) is 17.7 Å². The summed E-state index contributed by atoms with van der Waals surface area (Å²) in [5, 5.41) is 3.33. The van der Waals surface area contributed by atoms with Gasteiger partial charge in [0.1, 0.15) is 0 Å². The summed E-state index contributed by atoms with van der Waals surface area (Å²) in [6.45, 7) is 2.04. The summed E-state index contributed by atoms with van der Waals surface area (Å²) in [5.41, 5.74) is 0. The highest BCUT2D eigenvalue weighted by molar-refractivity contribution is 7.13. The first-order valence-corrected chi connectivity index (χ1v) is 7.44. The van der Waals surface area contributed by atoms with E-state index >= 15 is 0 Å². The monoisotopic (exact) mass is 266 g/mol. The molecular weight excluding hydrogens is 244 g/mol. The predicted molar refractivity (Wildman–Crippen MR) is 76.3 cm³/mol. The van der Waals surface area contributed by atoms with Crippen molar-refractivity contribution >= 4 is 17.2 Å². The average molecular weight is 266 g/mol. The molecule has 1 N–H and O–H groups in total. The number of nitrogens with one attached hydrogen (secondary N) is 1. The van der Waals surface area contributed by atoms with E-state index in [1.165, 1.54) is 17.7 Å². The Balaban J connectivity index is 1.95. The summed E-state index contributed by atoms with van der Waals surface area (Å²) >= 11 is 1.59. The van der Waals surface area contributed by atoms with Crippen molar-refractivity contribution in [2.75, 3.05) is 14.1 Å². The summed E-state index contributed by atoms with van der Waals surface area (Å²) in [6.07, 6.45) is 4.56. The van der Waals surface area contributed by atoms with Crippen LogP contribution in [0.25, 0.3) is 0 Å². The number of rotatable bonds is 3. The first kappa shape index (κ1) is 13.6. The van der Waals surface area contributed by atoms with Crippen molar-refractivity contribution in [3.8, 4) is 0 Å². The number of thiophene rings is 1. The van der Waals surface area contributed by atoms with Crippen LogP contribution >= 0.6 is 11.3 Å². The minimum atomic E-state index is 0.181. The highest BCUT2D eigenvalue weighted by Gasteiger charge is 2.26. The van der Waals surface area contributed by atoms with Gasteiger partial charge >= 0.3 is 0 Å². The molecular formula is C14H22N2OS. The molecule has 0 aliphatic heterocycles. The Hall–Kier alpha value is -0.870. The Labute approximate surface area is 113 Å². The van der Waals surface area contributed by atoms with E-state index in [4.69, 9.17) is 0 Å². The van der Waals surface area contributed by atoms with Crippen molar-refractivity contribution in [1.82, 2.24) is 10.2 Å². The van der Waals surface area contributed by atoms with Gasteiger partial charge in [0.15, 0.2) is 0 Å². The van der Waals surface area contributed by atoms with Crippen molar-refractivity contribution in [2.24, 2.45) is 0 Å². The van der Waals surface area contributed by atoms with Crippen LogP contribution in [0.2, 0.25) is 0 Å². The van der Waals surface area contributed by atoms with E-state index in [0.29, 0.717) is 12.1 Å². The first-order valence-electron chi connectivity index (χ1n) is 6.62. The van der Waals surface area contributed by atoms with Gasteiger partial charge in [0.25, 0.3) is 5.91 Å². The maximum atomic E-state index is 12.3. The highest BCUT2D eigenvalue weighted by Crippen LogP contribution is 2.25. The Kier molecular flexibility index (Phi) is 4.40. The first-order chi connectivity index (χ1) is 8.61. The third kappa shape index (κ3) is 2.93. The lowest BCUT2D eigenvalue weighted by Gasteiger charge is -2.34. The van der Waals surface area contributed by atoms with Crippen LogP contribution in [0, 0.1) is 6.92 Å². The molecule has 0 saturated heterocycles.